The van der Waals surface area contributed by atoms with E-state index in [4.69, 9.17) is 5.73 Å². The van der Waals surface area contributed by atoms with Crippen molar-refractivity contribution in [3.8, 4) is 0 Å². The first-order valence-corrected chi connectivity index (χ1v) is 5.18. The molecule has 70 valence electrons. The molecule has 1 heterocycles. The van der Waals surface area contributed by atoms with E-state index in [0.29, 0.717) is 11.5 Å². The van der Waals surface area contributed by atoms with Crippen LogP contribution in [0.25, 0.3) is 0 Å². The molecule has 12 heavy (non-hydrogen) atoms. The van der Waals surface area contributed by atoms with Crippen molar-refractivity contribution in [3.05, 3.63) is 0 Å². The smallest absolute Gasteiger partial charge is 0.0219 e. The molecule has 0 spiro atoms. The van der Waals surface area contributed by atoms with E-state index >= 15 is 0 Å². The van der Waals surface area contributed by atoms with Crippen LogP contribution in [-0.2, 0) is 0 Å². The number of nitrogens with two attached hydrogens (primary N) is 1. The maximum absolute atomic E-state index is 5.72. The third-order valence-corrected chi connectivity index (χ3v) is 3.46. The maximum Gasteiger partial charge on any atom is 0.0219 e. The SMILES string of the molecule is CC1(CN2CCCC2CN)CC1. The van der Waals surface area contributed by atoms with E-state index in [1.54, 1.807) is 0 Å². The molecule has 1 saturated heterocycles. The molecular formula is C10H20N2. The van der Waals surface area contributed by atoms with Gasteiger partial charge >= 0.3 is 0 Å². The summed E-state index contributed by atoms with van der Waals surface area (Å²) in [5.41, 5.74) is 6.39. The highest BCUT2D eigenvalue weighted by atomic mass is 15.2. The Morgan fingerprint density at radius 2 is 2.25 bits per heavy atom. The van der Waals surface area contributed by atoms with E-state index in [1.807, 2.05) is 0 Å². The van der Waals surface area contributed by atoms with Gasteiger partial charge in [-0.1, -0.05) is 6.92 Å². The van der Waals surface area contributed by atoms with Gasteiger partial charge in [0.2, 0.25) is 0 Å². The minimum Gasteiger partial charge on any atom is -0.329 e. The molecule has 1 aliphatic carbocycles. The summed E-state index contributed by atoms with van der Waals surface area (Å²) in [6, 6.07) is 0.697. The summed E-state index contributed by atoms with van der Waals surface area (Å²) < 4.78 is 0. The van der Waals surface area contributed by atoms with E-state index in [-0.39, 0.29) is 0 Å². The Balaban J connectivity index is 1.85. The zero-order valence-electron chi connectivity index (χ0n) is 8.05. The highest BCUT2D eigenvalue weighted by molar-refractivity contribution is 4.94. The first-order valence-electron chi connectivity index (χ1n) is 5.18. The first kappa shape index (κ1) is 8.52. The van der Waals surface area contributed by atoms with Crippen LogP contribution in [0.15, 0.2) is 0 Å². The molecule has 0 amide bonds. The topological polar surface area (TPSA) is 29.3 Å². The zero-order chi connectivity index (χ0) is 8.60. The van der Waals surface area contributed by atoms with Crippen molar-refractivity contribution in [1.29, 1.82) is 0 Å². The molecule has 0 bridgehead atoms. The molecule has 1 unspecified atom stereocenters. The summed E-state index contributed by atoms with van der Waals surface area (Å²) in [4.78, 5) is 2.60. The summed E-state index contributed by atoms with van der Waals surface area (Å²) in [6.07, 6.45) is 5.55. The van der Waals surface area contributed by atoms with Crippen molar-refractivity contribution >= 4 is 0 Å². The lowest BCUT2D eigenvalue weighted by Crippen LogP contribution is -2.38. The van der Waals surface area contributed by atoms with Crippen molar-refractivity contribution in [2.75, 3.05) is 19.6 Å². The average molecular weight is 168 g/mol. The fourth-order valence-corrected chi connectivity index (χ4v) is 2.23. The van der Waals surface area contributed by atoms with Crippen molar-refractivity contribution in [3.63, 3.8) is 0 Å². The zero-order valence-corrected chi connectivity index (χ0v) is 8.05. The molecule has 2 fully saturated rings. The molecular weight excluding hydrogens is 148 g/mol. The summed E-state index contributed by atoms with van der Waals surface area (Å²) in [5.74, 6) is 0. The van der Waals surface area contributed by atoms with Crippen LogP contribution in [0, 0.1) is 5.41 Å². The predicted octanol–water partition coefficient (Wildman–Crippen LogP) is 1.21. The second-order valence-corrected chi connectivity index (χ2v) is 4.81. The van der Waals surface area contributed by atoms with Crippen LogP contribution in [0.4, 0.5) is 0 Å². The first-order chi connectivity index (χ1) is 5.73. The van der Waals surface area contributed by atoms with Gasteiger partial charge in [0.1, 0.15) is 0 Å². The Hall–Kier alpha value is -0.0800. The van der Waals surface area contributed by atoms with Gasteiger partial charge < -0.3 is 5.73 Å². The highest BCUT2D eigenvalue weighted by Crippen LogP contribution is 2.46. The summed E-state index contributed by atoms with van der Waals surface area (Å²) in [7, 11) is 0. The number of nitrogens with zero attached hydrogens (tertiary/aromatic N) is 1. The van der Waals surface area contributed by atoms with Crippen LogP contribution in [0.1, 0.15) is 32.6 Å². The third kappa shape index (κ3) is 1.64. The summed E-state index contributed by atoms with van der Waals surface area (Å²) in [6.45, 7) is 5.85. The van der Waals surface area contributed by atoms with Crippen LogP contribution in [0.3, 0.4) is 0 Å². The van der Waals surface area contributed by atoms with Crippen LogP contribution in [0.5, 0.6) is 0 Å². The van der Waals surface area contributed by atoms with Crippen molar-refractivity contribution in [2.45, 2.75) is 38.6 Å². The fourth-order valence-electron chi connectivity index (χ4n) is 2.23. The van der Waals surface area contributed by atoms with E-state index in [0.717, 1.165) is 6.54 Å². The normalized spacial score (nSPS) is 34.0. The van der Waals surface area contributed by atoms with Crippen molar-refractivity contribution in [1.82, 2.24) is 4.90 Å². The lowest BCUT2D eigenvalue weighted by molar-refractivity contribution is 0.215. The van der Waals surface area contributed by atoms with Gasteiger partial charge in [0.15, 0.2) is 0 Å². The monoisotopic (exact) mass is 168 g/mol. The molecule has 2 heteroatoms. The molecule has 2 rings (SSSR count). The van der Waals surface area contributed by atoms with Gasteiger partial charge in [-0.3, -0.25) is 4.90 Å². The lowest BCUT2D eigenvalue weighted by Gasteiger charge is -2.26. The van der Waals surface area contributed by atoms with Crippen molar-refractivity contribution < 1.29 is 0 Å². The number of hydrogen-bond acceptors (Lipinski definition) is 2. The van der Waals surface area contributed by atoms with Crippen LogP contribution >= 0.6 is 0 Å². The molecule has 2 nitrogen and oxygen atoms in total. The highest BCUT2D eigenvalue weighted by Gasteiger charge is 2.40. The van der Waals surface area contributed by atoms with Crippen molar-refractivity contribution in [2.24, 2.45) is 11.1 Å². The van der Waals surface area contributed by atoms with Crippen LogP contribution in [0.2, 0.25) is 0 Å². The Labute approximate surface area is 75.1 Å². The average Bonchev–Trinajstić information content (AvgIpc) is 2.64. The molecule has 2 aliphatic rings. The van der Waals surface area contributed by atoms with Gasteiger partial charge in [-0.15, -0.1) is 0 Å². The Kier molecular flexibility index (Phi) is 2.13. The van der Waals surface area contributed by atoms with Crippen LogP contribution in [-0.4, -0.2) is 30.6 Å². The van der Waals surface area contributed by atoms with Gasteiger partial charge in [0, 0.05) is 19.1 Å². The minimum atomic E-state index is 0.664. The lowest BCUT2D eigenvalue weighted by atomic mass is 10.1. The predicted molar refractivity (Wildman–Crippen MR) is 51.0 cm³/mol. The van der Waals surface area contributed by atoms with E-state index in [9.17, 15) is 0 Å². The molecule has 0 aromatic rings. The van der Waals surface area contributed by atoms with E-state index in [2.05, 4.69) is 11.8 Å². The quantitative estimate of drug-likeness (QED) is 0.686. The van der Waals surface area contributed by atoms with Gasteiger partial charge in [-0.25, -0.2) is 0 Å². The Bertz CT molecular complexity index is 163. The molecule has 1 saturated carbocycles. The molecule has 1 aliphatic heterocycles. The third-order valence-electron chi connectivity index (χ3n) is 3.46. The largest absolute Gasteiger partial charge is 0.329 e. The second kappa shape index (κ2) is 3.00. The molecule has 2 N–H and O–H groups in total. The van der Waals surface area contributed by atoms with Gasteiger partial charge in [0.25, 0.3) is 0 Å². The van der Waals surface area contributed by atoms with Gasteiger partial charge in [0.05, 0.1) is 0 Å². The summed E-state index contributed by atoms with van der Waals surface area (Å²) in [5, 5.41) is 0. The summed E-state index contributed by atoms with van der Waals surface area (Å²) >= 11 is 0. The Morgan fingerprint density at radius 3 is 2.83 bits per heavy atom. The standard InChI is InChI=1S/C10H20N2/c1-10(4-5-10)8-12-6-2-3-9(12)7-11/h9H,2-8,11H2,1H3. The van der Waals surface area contributed by atoms with E-state index < -0.39 is 0 Å². The van der Waals surface area contributed by atoms with Gasteiger partial charge in [-0.2, -0.15) is 0 Å². The Morgan fingerprint density at radius 1 is 1.50 bits per heavy atom. The number of rotatable bonds is 3. The van der Waals surface area contributed by atoms with Gasteiger partial charge in [-0.05, 0) is 37.6 Å². The maximum atomic E-state index is 5.72. The second-order valence-electron chi connectivity index (χ2n) is 4.81. The number of likely N-dealkylation sites (tertiary alicyclic amines) is 1. The molecule has 0 aromatic carbocycles. The number of hydrogen-bond donors (Lipinski definition) is 1. The fraction of sp³-hybridized carbons (Fsp3) is 1.00. The molecule has 1 atom stereocenters. The van der Waals surface area contributed by atoms with Crippen LogP contribution < -0.4 is 5.73 Å². The molecule has 0 radical (unpaired) electrons. The molecule has 0 aromatic heterocycles. The van der Waals surface area contributed by atoms with E-state index in [1.165, 1.54) is 38.8 Å². The minimum absolute atomic E-state index is 0.664.